The summed E-state index contributed by atoms with van der Waals surface area (Å²) >= 11 is 3.42. The van der Waals surface area contributed by atoms with Crippen LogP contribution in [0.2, 0.25) is 0 Å². The van der Waals surface area contributed by atoms with Crippen molar-refractivity contribution in [2.75, 3.05) is 12.4 Å². The maximum Gasteiger partial charge on any atom is 0.250 e. The standard InChI is InChI=1S/C9H10BrN3O/c1-9(11-2)6-5(10)3-4-12-7(6)13-8(9)14/h3-4,11H,1-2H3,(H,12,13,14). The zero-order chi connectivity index (χ0) is 10.3. The number of carbonyl (C=O) groups is 1. The van der Waals surface area contributed by atoms with Gasteiger partial charge in [0.15, 0.2) is 0 Å². The van der Waals surface area contributed by atoms with Gasteiger partial charge >= 0.3 is 0 Å². The highest BCUT2D eigenvalue weighted by atomic mass is 79.9. The Morgan fingerprint density at radius 3 is 3.00 bits per heavy atom. The average Bonchev–Trinajstić information content (AvgIpc) is 2.41. The molecular formula is C9H10BrN3O. The van der Waals surface area contributed by atoms with Crippen molar-refractivity contribution in [2.24, 2.45) is 0 Å². The van der Waals surface area contributed by atoms with Crippen molar-refractivity contribution in [1.29, 1.82) is 0 Å². The molecule has 0 aliphatic carbocycles. The summed E-state index contributed by atoms with van der Waals surface area (Å²) in [6.07, 6.45) is 1.66. The molecule has 1 aromatic heterocycles. The lowest BCUT2D eigenvalue weighted by molar-refractivity contribution is -0.121. The number of pyridine rings is 1. The van der Waals surface area contributed by atoms with Crippen molar-refractivity contribution in [3.05, 3.63) is 22.3 Å². The van der Waals surface area contributed by atoms with Gasteiger partial charge in [-0.2, -0.15) is 0 Å². The Bertz CT molecular complexity index is 407. The highest BCUT2D eigenvalue weighted by molar-refractivity contribution is 9.10. The number of carbonyl (C=O) groups excluding carboxylic acids is 1. The summed E-state index contributed by atoms with van der Waals surface area (Å²) in [6, 6.07) is 1.83. The van der Waals surface area contributed by atoms with Crippen LogP contribution < -0.4 is 10.6 Å². The number of hydrogen-bond donors (Lipinski definition) is 2. The minimum atomic E-state index is -0.692. The molecular weight excluding hydrogens is 246 g/mol. The fourth-order valence-corrected chi connectivity index (χ4v) is 2.30. The van der Waals surface area contributed by atoms with Crippen LogP contribution in [0.5, 0.6) is 0 Å². The molecule has 2 N–H and O–H groups in total. The minimum Gasteiger partial charge on any atom is -0.308 e. The van der Waals surface area contributed by atoms with E-state index in [4.69, 9.17) is 0 Å². The molecule has 1 aromatic rings. The topological polar surface area (TPSA) is 54.0 Å². The molecule has 0 bridgehead atoms. The van der Waals surface area contributed by atoms with E-state index in [2.05, 4.69) is 31.5 Å². The van der Waals surface area contributed by atoms with Crippen LogP contribution in [0, 0.1) is 0 Å². The molecule has 1 aliphatic rings. The van der Waals surface area contributed by atoms with Crippen molar-refractivity contribution in [1.82, 2.24) is 10.3 Å². The van der Waals surface area contributed by atoms with Crippen molar-refractivity contribution in [2.45, 2.75) is 12.5 Å². The van der Waals surface area contributed by atoms with E-state index in [0.29, 0.717) is 5.82 Å². The quantitative estimate of drug-likeness (QED) is 0.794. The van der Waals surface area contributed by atoms with Gasteiger partial charge in [-0.25, -0.2) is 4.98 Å². The van der Waals surface area contributed by atoms with Gasteiger partial charge in [-0.05, 0) is 20.0 Å². The first-order chi connectivity index (χ1) is 6.59. The molecule has 1 unspecified atom stereocenters. The van der Waals surface area contributed by atoms with E-state index in [1.54, 1.807) is 13.2 Å². The van der Waals surface area contributed by atoms with E-state index in [1.165, 1.54) is 0 Å². The minimum absolute atomic E-state index is 0.0746. The number of anilines is 1. The van der Waals surface area contributed by atoms with Crippen LogP contribution in [0.3, 0.4) is 0 Å². The van der Waals surface area contributed by atoms with Gasteiger partial charge in [0.25, 0.3) is 0 Å². The van der Waals surface area contributed by atoms with Crippen LogP contribution >= 0.6 is 15.9 Å². The molecule has 1 aliphatic heterocycles. The van der Waals surface area contributed by atoms with Gasteiger partial charge in [0, 0.05) is 16.2 Å². The third-order valence-electron chi connectivity index (χ3n) is 2.59. The molecule has 74 valence electrons. The number of hydrogen-bond acceptors (Lipinski definition) is 3. The number of nitrogens with one attached hydrogen (secondary N) is 2. The lowest BCUT2D eigenvalue weighted by Gasteiger charge is -2.21. The predicted octanol–water partition coefficient (Wildman–Crippen LogP) is 1.23. The first-order valence-electron chi connectivity index (χ1n) is 4.25. The monoisotopic (exact) mass is 255 g/mol. The number of rotatable bonds is 1. The zero-order valence-corrected chi connectivity index (χ0v) is 9.47. The lowest BCUT2D eigenvalue weighted by atomic mass is 9.95. The summed E-state index contributed by atoms with van der Waals surface area (Å²) in [4.78, 5) is 15.8. The summed E-state index contributed by atoms with van der Waals surface area (Å²) in [6.45, 7) is 1.83. The second-order valence-electron chi connectivity index (χ2n) is 3.35. The van der Waals surface area contributed by atoms with Crippen molar-refractivity contribution >= 4 is 27.7 Å². The van der Waals surface area contributed by atoms with E-state index in [9.17, 15) is 4.79 Å². The van der Waals surface area contributed by atoms with Crippen LogP contribution in [0.4, 0.5) is 5.82 Å². The Hall–Kier alpha value is -0.940. The molecule has 0 saturated heterocycles. The van der Waals surface area contributed by atoms with E-state index in [0.717, 1.165) is 10.0 Å². The van der Waals surface area contributed by atoms with Crippen LogP contribution in [0.1, 0.15) is 12.5 Å². The second-order valence-corrected chi connectivity index (χ2v) is 4.20. The Morgan fingerprint density at radius 1 is 1.64 bits per heavy atom. The highest BCUT2D eigenvalue weighted by Gasteiger charge is 2.43. The van der Waals surface area contributed by atoms with Gasteiger partial charge < -0.3 is 10.6 Å². The third kappa shape index (κ3) is 1.09. The van der Waals surface area contributed by atoms with E-state index < -0.39 is 5.54 Å². The number of nitrogens with zero attached hydrogens (tertiary/aromatic N) is 1. The molecule has 4 nitrogen and oxygen atoms in total. The molecule has 0 saturated carbocycles. The van der Waals surface area contributed by atoms with Crippen LogP contribution in [-0.2, 0) is 10.3 Å². The van der Waals surface area contributed by atoms with Crippen LogP contribution in [0.25, 0.3) is 0 Å². The lowest BCUT2D eigenvalue weighted by Crippen LogP contribution is -2.43. The molecule has 2 rings (SSSR count). The Balaban J connectivity index is 2.67. The summed E-state index contributed by atoms with van der Waals surface area (Å²) in [7, 11) is 1.76. The SMILES string of the molecule is CNC1(C)C(=O)Nc2nccc(Br)c21. The number of aromatic nitrogens is 1. The summed E-state index contributed by atoms with van der Waals surface area (Å²) < 4.78 is 0.887. The van der Waals surface area contributed by atoms with E-state index in [-0.39, 0.29) is 5.91 Å². The largest absolute Gasteiger partial charge is 0.308 e. The first-order valence-corrected chi connectivity index (χ1v) is 5.04. The van der Waals surface area contributed by atoms with Crippen LogP contribution in [-0.4, -0.2) is 17.9 Å². The Labute approximate surface area is 90.2 Å². The fourth-order valence-electron chi connectivity index (χ4n) is 1.59. The van der Waals surface area contributed by atoms with Gasteiger partial charge in [-0.15, -0.1) is 0 Å². The number of fused-ring (bicyclic) bond motifs is 1. The van der Waals surface area contributed by atoms with Gasteiger partial charge in [-0.3, -0.25) is 4.79 Å². The molecule has 2 heterocycles. The van der Waals surface area contributed by atoms with E-state index >= 15 is 0 Å². The molecule has 0 aromatic carbocycles. The van der Waals surface area contributed by atoms with E-state index in [1.807, 2.05) is 13.0 Å². The van der Waals surface area contributed by atoms with Crippen molar-refractivity contribution in [3.63, 3.8) is 0 Å². The Morgan fingerprint density at radius 2 is 2.36 bits per heavy atom. The Kier molecular flexibility index (Phi) is 2.08. The second kappa shape index (κ2) is 3.03. The highest BCUT2D eigenvalue weighted by Crippen LogP contribution is 2.38. The molecule has 5 heteroatoms. The van der Waals surface area contributed by atoms with Gasteiger partial charge in [-0.1, -0.05) is 15.9 Å². The summed E-state index contributed by atoms with van der Waals surface area (Å²) in [5.74, 6) is 0.552. The number of amides is 1. The van der Waals surface area contributed by atoms with Crippen molar-refractivity contribution in [3.8, 4) is 0 Å². The summed E-state index contributed by atoms with van der Waals surface area (Å²) in [5.41, 5.74) is 0.176. The molecule has 14 heavy (non-hydrogen) atoms. The molecule has 0 fully saturated rings. The van der Waals surface area contributed by atoms with Gasteiger partial charge in [0.1, 0.15) is 11.4 Å². The molecule has 1 atom stereocenters. The third-order valence-corrected chi connectivity index (χ3v) is 3.25. The van der Waals surface area contributed by atoms with Crippen LogP contribution in [0.15, 0.2) is 16.7 Å². The first kappa shape index (κ1) is 9.61. The van der Waals surface area contributed by atoms with Gasteiger partial charge in [0.05, 0.1) is 0 Å². The average molecular weight is 256 g/mol. The predicted molar refractivity (Wildman–Crippen MR) is 57.0 cm³/mol. The maximum absolute atomic E-state index is 11.7. The number of likely N-dealkylation sites (N-methyl/N-ethyl adjacent to an activating group) is 1. The zero-order valence-electron chi connectivity index (χ0n) is 7.89. The fraction of sp³-hybridized carbons (Fsp3) is 0.333. The van der Waals surface area contributed by atoms with Gasteiger partial charge in [0.2, 0.25) is 5.91 Å². The smallest absolute Gasteiger partial charge is 0.250 e. The maximum atomic E-state index is 11.7. The molecule has 1 amide bonds. The number of halogens is 1. The molecule has 0 radical (unpaired) electrons. The van der Waals surface area contributed by atoms with Crippen molar-refractivity contribution < 1.29 is 4.79 Å². The summed E-state index contributed by atoms with van der Waals surface area (Å²) in [5, 5.41) is 5.74. The molecule has 0 spiro atoms. The normalized spacial score (nSPS) is 24.6.